The van der Waals surface area contributed by atoms with Crippen LogP contribution in [0.2, 0.25) is 0 Å². The van der Waals surface area contributed by atoms with Crippen LogP contribution in [0.25, 0.3) is 16.9 Å². The lowest BCUT2D eigenvalue weighted by molar-refractivity contribution is -0.124. The number of nitrogens with one attached hydrogen (secondary N) is 2. The molecule has 1 aliphatic rings. The fraction of sp³-hybridized carbons (Fsp3) is 0.148. The van der Waals surface area contributed by atoms with Crippen molar-refractivity contribution in [2.24, 2.45) is 0 Å². The van der Waals surface area contributed by atoms with Gasteiger partial charge in [-0.05, 0) is 35.9 Å². The number of anilines is 1. The molecule has 0 unspecified atom stereocenters. The van der Waals surface area contributed by atoms with E-state index in [0.29, 0.717) is 35.2 Å². The van der Waals surface area contributed by atoms with Crippen molar-refractivity contribution < 1.29 is 23.5 Å². The van der Waals surface area contributed by atoms with E-state index < -0.39 is 5.82 Å². The van der Waals surface area contributed by atoms with Gasteiger partial charge in [-0.3, -0.25) is 9.59 Å². The lowest BCUT2D eigenvalue weighted by Crippen LogP contribution is -2.24. The molecule has 0 fully saturated rings. The number of benzene rings is 3. The second-order valence-electron chi connectivity index (χ2n) is 8.19. The Hall–Kier alpha value is -4.66. The summed E-state index contributed by atoms with van der Waals surface area (Å²) >= 11 is 0. The van der Waals surface area contributed by atoms with Crippen molar-refractivity contribution in [2.75, 3.05) is 12.1 Å². The van der Waals surface area contributed by atoms with Crippen LogP contribution in [0.5, 0.6) is 11.5 Å². The second kappa shape index (κ2) is 10.3. The summed E-state index contributed by atoms with van der Waals surface area (Å²) in [6.45, 7) is 0.495. The minimum absolute atomic E-state index is 0.00995. The van der Waals surface area contributed by atoms with Gasteiger partial charge in [-0.2, -0.15) is 5.10 Å². The standard InChI is InChI=1S/C27H23FN4O4/c28-20-7-4-8-21(14-20)32-25(15-22(31-32)19-5-2-1-3-6-19)30-27(34)12-11-26(33)29-16-18-9-10-23-24(13-18)36-17-35-23/h1-10,13-15H,11-12,16-17H2,(H,29,33)(H,30,34). The van der Waals surface area contributed by atoms with Gasteiger partial charge in [0, 0.05) is 31.0 Å². The van der Waals surface area contributed by atoms with Crippen molar-refractivity contribution in [2.45, 2.75) is 19.4 Å². The number of aromatic nitrogens is 2. The highest BCUT2D eigenvalue weighted by atomic mass is 19.1. The molecule has 0 atom stereocenters. The molecule has 0 saturated heterocycles. The first kappa shape index (κ1) is 23.1. The fourth-order valence-corrected chi connectivity index (χ4v) is 3.80. The number of rotatable bonds is 8. The Morgan fingerprint density at radius 3 is 2.53 bits per heavy atom. The molecule has 36 heavy (non-hydrogen) atoms. The predicted molar refractivity (Wildman–Crippen MR) is 131 cm³/mol. The Kier molecular flexibility index (Phi) is 6.61. The molecule has 2 amide bonds. The van der Waals surface area contributed by atoms with Crippen molar-refractivity contribution in [1.29, 1.82) is 0 Å². The van der Waals surface area contributed by atoms with Crippen LogP contribution in [0.4, 0.5) is 10.2 Å². The van der Waals surface area contributed by atoms with E-state index in [0.717, 1.165) is 11.1 Å². The Morgan fingerprint density at radius 1 is 0.889 bits per heavy atom. The van der Waals surface area contributed by atoms with Crippen molar-refractivity contribution in [1.82, 2.24) is 15.1 Å². The predicted octanol–water partition coefficient (Wildman–Crippen LogP) is 4.44. The molecule has 3 aromatic carbocycles. The lowest BCUT2D eigenvalue weighted by Gasteiger charge is -2.09. The molecule has 0 saturated carbocycles. The molecular formula is C27H23FN4O4. The fourth-order valence-electron chi connectivity index (χ4n) is 3.80. The first-order valence-electron chi connectivity index (χ1n) is 11.4. The zero-order valence-electron chi connectivity index (χ0n) is 19.2. The summed E-state index contributed by atoms with van der Waals surface area (Å²) in [4.78, 5) is 25.0. The van der Waals surface area contributed by atoms with Gasteiger partial charge in [-0.15, -0.1) is 0 Å². The Balaban J connectivity index is 1.22. The van der Waals surface area contributed by atoms with E-state index in [1.807, 2.05) is 42.5 Å². The number of halogens is 1. The number of hydrogen-bond acceptors (Lipinski definition) is 5. The third kappa shape index (κ3) is 5.35. The third-order valence-electron chi connectivity index (χ3n) is 5.60. The van der Waals surface area contributed by atoms with E-state index in [-0.39, 0.29) is 31.4 Å². The van der Waals surface area contributed by atoms with Gasteiger partial charge in [0.2, 0.25) is 18.6 Å². The monoisotopic (exact) mass is 486 g/mol. The Bertz CT molecular complexity index is 1400. The summed E-state index contributed by atoms with van der Waals surface area (Å²) in [5, 5.41) is 10.2. The Morgan fingerprint density at radius 2 is 1.69 bits per heavy atom. The van der Waals surface area contributed by atoms with Crippen molar-refractivity contribution in [3.8, 4) is 28.4 Å². The minimum Gasteiger partial charge on any atom is -0.454 e. The summed E-state index contributed by atoms with van der Waals surface area (Å²) < 4.78 is 26.0. The third-order valence-corrected chi connectivity index (χ3v) is 5.60. The number of hydrogen-bond donors (Lipinski definition) is 2. The maximum atomic E-state index is 13.9. The van der Waals surface area contributed by atoms with E-state index in [1.165, 1.54) is 16.8 Å². The minimum atomic E-state index is -0.416. The largest absolute Gasteiger partial charge is 0.454 e. The molecular weight excluding hydrogens is 463 g/mol. The topological polar surface area (TPSA) is 94.5 Å². The molecule has 1 aromatic heterocycles. The van der Waals surface area contributed by atoms with Gasteiger partial charge in [0.15, 0.2) is 11.5 Å². The summed E-state index contributed by atoms with van der Waals surface area (Å²) in [5.41, 5.74) is 2.81. The number of amides is 2. The highest BCUT2D eigenvalue weighted by molar-refractivity contribution is 5.93. The maximum absolute atomic E-state index is 13.9. The van der Waals surface area contributed by atoms with Crippen LogP contribution in [0.1, 0.15) is 18.4 Å². The zero-order chi connectivity index (χ0) is 24.9. The van der Waals surface area contributed by atoms with Crippen molar-refractivity contribution in [3.63, 3.8) is 0 Å². The molecule has 5 rings (SSSR count). The van der Waals surface area contributed by atoms with E-state index >= 15 is 0 Å². The summed E-state index contributed by atoms with van der Waals surface area (Å²) in [6.07, 6.45) is -0.0159. The molecule has 0 radical (unpaired) electrons. The molecule has 2 N–H and O–H groups in total. The Labute approximate surface area is 206 Å². The van der Waals surface area contributed by atoms with Gasteiger partial charge >= 0.3 is 0 Å². The second-order valence-corrected chi connectivity index (χ2v) is 8.19. The van der Waals surface area contributed by atoms with Crippen molar-refractivity contribution >= 4 is 17.6 Å². The summed E-state index contributed by atoms with van der Waals surface area (Å²) in [5.74, 6) is 0.670. The van der Waals surface area contributed by atoms with Crippen LogP contribution in [-0.4, -0.2) is 28.4 Å². The van der Waals surface area contributed by atoms with E-state index in [2.05, 4.69) is 15.7 Å². The van der Waals surface area contributed by atoms with Gasteiger partial charge in [0.25, 0.3) is 0 Å². The van der Waals surface area contributed by atoms with Gasteiger partial charge in [0.05, 0.1) is 11.4 Å². The molecule has 9 heteroatoms. The number of carbonyl (C=O) groups is 2. The maximum Gasteiger partial charge on any atom is 0.231 e. The molecule has 8 nitrogen and oxygen atoms in total. The average molecular weight is 487 g/mol. The first-order valence-corrected chi connectivity index (χ1v) is 11.4. The van der Waals surface area contributed by atoms with Gasteiger partial charge in [0.1, 0.15) is 11.6 Å². The molecule has 0 bridgehead atoms. The molecule has 0 aliphatic carbocycles. The van der Waals surface area contributed by atoms with Crippen LogP contribution in [-0.2, 0) is 16.1 Å². The average Bonchev–Trinajstić information content (AvgIpc) is 3.53. The lowest BCUT2D eigenvalue weighted by atomic mass is 10.1. The summed E-state index contributed by atoms with van der Waals surface area (Å²) in [6, 6.07) is 22.6. The summed E-state index contributed by atoms with van der Waals surface area (Å²) in [7, 11) is 0. The zero-order valence-corrected chi connectivity index (χ0v) is 19.2. The molecule has 182 valence electrons. The highest BCUT2D eigenvalue weighted by Crippen LogP contribution is 2.32. The van der Waals surface area contributed by atoms with Gasteiger partial charge in [-0.25, -0.2) is 9.07 Å². The first-order chi connectivity index (χ1) is 17.5. The molecule has 1 aliphatic heterocycles. The number of fused-ring (bicyclic) bond motifs is 1. The number of ether oxygens (including phenoxy) is 2. The van der Waals surface area contributed by atoms with Crippen LogP contribution in [0.15, 0.2) is 78.9 Å². The van der Waals surface area contributed by atoms with Crippen LogP contribution in [0, 0.1) is 5.82 Å². The van der Waals surface area contributed by atoms with E-state index in [9.17, 15) is 14.0 Å². The SMILES string of the molecule is O=C(CCC(=O)Nc1cc(-c2ccccc2)nn1-c1cccc(F)c1)NCc1ccc2c(c1)OCO2. The van der Waals surface area contributed by atoms with E-state index in [1.54, 1.807) is 24.3 Å². The van der Waals surface area contributed by atoms with Crippen molar-refractivity contribution in [3.05, 3.63) is 90.2 Å². The number of carbonyl (C=O) groups excluding carboxylic acids is 2. The molecule has 2 heterocycles. The number of nitrogens with zero attached hydrogens (tertiary/aromatic N) is 2. The molecule has 4 aromatic rings. The van der Waals surface area contributed by atoms with Crippen LogP contribution < -0.4 is 20.1 Å². The van der Waals surface area contributed by atoms with Gasteiger partial charge in [-0.1, -0.05) is 42.5 Å². The normalized spacial score (nSPS) is 11.8. The van der Waals surface area contributed by atoms with Crippen LogP contribution >= 0.6 is 0 Å². The highest BCUT2D eigenvalue weighted by Gasteiger charge is 2.16. The van der Waals surface area contributed by atoms with E-state index in [4.69, 9.17) is 9.47 Å². The van der Waals surface area contributed by atoms with Crippen LogP contribution in [0.3, 0.4) is 0 Å². The quantitative estimate of drug-likeness (QED) is 0.384. The smallest absolute Gasteiger partial charge is 0.231 e. The molecule has 0 spiro atoms. The van der Waals surface area contributed by atoms with Gasteiger partial charge < -0.3 is 20.1 Å².